The number of aromatic nitrogens is 1. The smallest absolute Gasteiger partial charge is 0.326 e. The van der Waals surface area contributed by atoms with Crippen molar-refractivity contribution in [1.82, 2.24) is 45.4 Å². The number of nitrogens with one attached hydrogen (secondary N) is 3. The molecule has 1 fully saturated rings. The Hall–Kier alpha value is -6.28. The summed E-state index contributed by atoms with van der Waals surface area (Å²) in [5.74, 6) is -8.03. The summed E-state index contributed by atoms with van der Waals surface area (Å²) in [7, 11) is 0. The lowest BCUT2D eigenvalue weighted by atomic mass is 10.1. The van der Waals surface area contributed by atoms with Crippen LogP contribution in [0.4, 0.5) is 4.79 Å². The van der Waals surface area contributed by atoms with E-state index in [1.807, 2.05) is 0 Å². The number of carboxylic acids is 6. The molecule has 25 heteroatoms. The molecule has 2 atom stereocenters. The van der Waals surface area contributed by atoms with E-state index in [9.17, 15) is 68.7 Å². The maximum Gasteiger partial charge on any atom is 0.326 e. The third kappa shape index (κ3) is 22.2. The van der Waals surface area contributed by atoms with Gasteiger partial charge in [0.1, 0.15) is 16.7 Å². The van der Waals surface area contributed by atoms with Crippen LogP contribution in [0.2, 0.25) is 0 Å². The SMILES string of the molecule is O=C(O)CC[C@H](NC(=O)N[C@@H](CCCCN(Cc1ccc(Br)nc1)C(=O)c1ccc(CNC(=O)CN2CCN(CC(=O)O)CCN(CC(=O)O)CCN(CC(=O)O)CC2)cc1)C(=O)O)C(=O)O. The Morgan fingerprint density at radius 2 is 1.06 bits per heavy atom. The number of nitrogens with zero attached hydrogens (tertiary/aromatic N) is 6. The van der Waals surface area contributed by atoms with E-state index < -0.39 is 66.8 Å². The first-order valence-corrected chi connectivity index (χ1v) is 22.1. The number of rotatable bonds is 25. The highest BCUT2D eigenvalue weighted by Gasteiger charge is 2.26. The largest absolute Gasteiger partial charge is 0.481 e. The van der Waals surface area contributed by atoms with Gasteiger partial charge in [-0.1, -0.05) is 18.2 Å². The van der Waals surface area contributed by atoms with Gasteiger partial charge in [-0.3, -0.25) is 48.4 Å². The summed E-state index contributed by atoms with van der Waals surface area (Å²) in [5.41, 5.74) is 1.69. The quantitative estimate of drug-likeness (QED) is 0.0460. The van der Waals surface area contributed by atoms with Gasteiger partial charge in [0.05, 0.1) is 26.2 Å². The van der Waals surface area contributed by atoms with E-state index in [-0.39, 0.29) is 123 Å². The molecule has 9 N–H and O–H groups in total. The highest BCUT2D eigenvalue weighted by Crippen LogP contribution is 2.15. The molecule has 0 aliphatic carbocycles. The van der Waals surface area contributed by atoms with Gasteiger partial charge in [-0.15, -0.1) is 0 Å². The predicted molar refractivity (Wildman–Crippen MR) is 239 cm³/mol. The zero-order valence-electron chi connectivity index (χ0n) is 36.8. The normalized spacial score (nSPS) is 15.4. The van der Waals surface area contributed by atoms with Gasteiger partial charge in [-0.05, 0) is 70.9 Å². The third-order valence-electron chi connectivity index (χ3n) is 10.5. The van der Waals surface area contributed by atoms with Crippen molar-refractivity contribution in [1.29, 1.82) is 0 Å². The number of hydrogen-bond donors (Lipinski definition) is 9. The minimum Gasteiger partial charge on any atom is -0.481 e. The topological polar surface area (TPSA) is 340 Å². The average Bonchev–Trinajstić information content (AvgIpc) is 3.25. The Kier molecular flexibility index (Phi) is 23.6. The summed E-state index contributed by atoms with van der Waals surface area (Å²) in [5, 5.41) is 63.4. The number of carbonyl (C=O) groups excluding carboxylic acids is 3. The zero-order chi connectivity index (χ0) is 49.5. The van der Waals surface area contributed by atoms with E-state index in [2.05, 4.69) is 36.9 Å². The van der Waals surface area contributed by atoms with Gasteiger partial charge in [0.2, 0.25) is 5.91 Å². The van der Waals surface area contributed by atoms with Gasteiger partial charge < -0.3 is 51.5 Å². The molecule has 1 aromatic carbocycles. The molecule has 3 rings (SSSR count). The summed E-state index contributed by atoms with van der Waals surface area (Å²) in [6.45, 7) is 1.44. The number of carbonyl (C=O) groups is 9. The molecular weight excluding hydrogens is 950 g/mol. The Labute approximate surface area is 394 Å². The number of halogens is 1. The number of pyridine rings is 1. The molecule has 0 spiro atoms. The van der Waals surface area contributed by atoms with Crippen LogP contribution in [0.15, 0.2) is 47.2 Å². The van der Waals surface area contributed by atoms with E-state index in [0.717, 1.165) is 0 Å². The first kappa shape index (κ1) is 55.1. The first-order chi connectivity index (χ1) is 31.8. The van der Waals surface area contributed by atoms with Gasteiger partial charge in [-0.25, -0.2) is 19.4 Å². The maximum atomic E-state index is 13.9. The molecule has 1 aromatic heterocycles. The summed E-state index contributed by atoms with van der Waals surface area (Å²) in [6, 6.07) is 5.98. The molecule has 4 amide bonds. The summed E-state index contributed by atoms with van der Waals surface area (Å²) >= 11 is 3.29. The van der Waals surface area contributed by atoms with Crippen LogP contribution in [-0.4, -0.2) is 211 Å². The van der Waals surface area contributed by atoms with Gasteiger partial charge in [0.25, 0.3) is 5.91 Å². The van der Waals surface area contributed by atoms with E-state index >= 15 is 0 Å². The molecule has 1 saturated heterocycles. The summed E-state index contributed by atoms with van der Waals surface area (Å²) in [4.78, 5) is 121. The molecule has 24 nitrogen and oxygen atoms in total. The molecule has 0 saturated carbocycles. The number of amides is 4. The van der Waals surface area contributed by atoms with Crippen molar-refractivity contribution in [3.8, 4) is 0 Å². The van der Waals surface area contributed by atoms with Crippen molar-refractivity contribution in [2.75, 3.05) is 85.1 Å². The fourth-order valence-electron chi connectivity index (χ4n) is 6.96. The molecule has 67 heavy (non-hydrogen) atoms. The van der Waals surface area contributed by atoms with Crippen LogP contribution in [0.3, 0.4) is 0 Å². The number of aliphatic carboxylic acids is 6. The van der Waals surface area contributed by atoms with Crippen LogP contribution >= 0.6 is 15.9 Å². The molecule has 0 bridgehead atoms. The number of carboxylic acid groups (broad SMARTS) is 6. The second kappa shape index (κ2) is 28.7. The van der Waals surface area contributed by atoms with Crippen LogP contribution in [0.25, 0.3) is 0 Å². The zero-order valence-corrected chi connectivity index (χ0v) is 38.3. The van der Waals surface area contributed by atoms with Crippen LogP contribution in [0.1, 0.15) is 53.6 Å². The van der Waals surface area contributed by atoms with E-state index in [0.29, 0.717) is 27.7 Å². The van der Waals surface area contributed by atoms with E-state index in [1.54, 1.807) is 67.1 Å². The Morgan fingerprint density at radius 1 is 0.597 bits per heavy atom. The Bertz CT molecular complexity index is 1980. The third-order valence-corrected chi connectivity index (χ3v) is 11.0. The van der Waals surface area contributed by atoms with Crippen molar-refractivity contribution < 1.29 is 73.8 Å². The highest BCUT2D eigenvalue weighted by atomic mass is 79.9. The van der Waals surface area contributed by atoms with Crippen LogP contribution in [-0.2, 0) is 46.7 Å². The molecule has 0 unspecified atom stereocenters. The number of urea groups is 1. The first-order valence-electron chi connectivity index (χ1n) is 21.3. The molecule has 1 aliphatic heterocycles. The predicted octanol–water partition coefficient (Wildman–Crippen LogP) is -0.181. The van der Waals surface area contributed by atoms with Gasteiger partial charge in [-0.2, -0.15) is 0 Å². The van der Waals surface area contributed by atoms with Gasteiger partial charge in [0.15, 0.2) is 0 Å². The standard InChI is InChI=1S/C42H58BrN9O15/c43-33-10-6-29(22-44-33)23-52(12-2-1-3-31(40(63)64)46-42(67)47-32(41(65)66)9-11-35(54)55)39(62)30-7-4-28(5-8-30)21-45-34(53)24-48-13-15-49(25-36(56)57)17-19-51(27-38(60)61)20-18-50(16-14-48)26-37(58)59/h4-8,10,22,31-32H,1-3,9,11-21,23-27H2,(H,45,53)(H,54,55)(H,56,57)(H,58,59)(H,60,61)(H,63,64)(H,65,66)(H2,46,47,67)/t31-,32-/m0/s1. The molecular formula is C42H58BrN9O15. The number of unbranched alkanes of at least 4 members (excludes halogenated alkanes) is 1. The molecule has 1 aliphatic rings. The second-order valence-electron chi connectivity index (χ2n) is 15.8. The van der Waals surface area contributed by atoms with Crippen molar-refractivity contribution >= 4 is 69.6 Å². The number of benzene rings is 1. The lowest BCUT2D eigenvalue weighted by Crippen LogP contribution is -2.51. The fourth-order valence-corrected chi connectivity index (χ4v) is 7.19. The fraction of sp³-hybridized carbons (Fsp3) is 0.524. The minimum absolute atomic E-state index is 0.0724. The van der Waals surface area contributed by atoms with E-state index in [4.69, 9.17) is 5.11 Å². The van der Waals surface area contributed by atoms with Crippen LogP contribution in [0.5, 0.6) is 0 Å². The second-order valence-corrected chi connectivity index (χ2v) is 16.6. The lowest BCUT2D eigenvalue weighted by Gasteiger charge is -2.32. The van der Waals surface area contributed by atoms with Gasteiger partial charge in [0, 0.05) is 90.2 Å². The Morgan fingerprint density at radius 3 is 1.49 bits per heavy atom. The number of hydrogen-bond acceptors (Lipinski definition) is 14. The highest BCUT2D eigenvalue weighted by molar-refractivity contribution is 9.10. The van der Waals surface area contributed by atoms with Crippen LogP contribution < -0.4 is 16.0 Å². The molecule has 2 aromatic rings. The Balaban J connectivity index is 1.64. The van der Waals surface area contributed by atoms with Crippen molar-refractivity contribution in [3.63, 3.8) is 0 Å². The lowest BCUT2D eigenvalue weighted by molar-refractivity contribution is -0.141. The monoisotopic (exact) mass is 1010 g/mol. The van der Waals surface area contributed by atoms with Crippen molar-refractivity contribution in [2.24, 2.45) is 0 Å². The summed E-state index contributed by atoms with van der Waals surface area (Å²) < 4.78 is 0.584. The van der Waals surface area contributed by atoms with Crippen molar-refractivity contribution in [2.45, 2.75) is 57.3 Å². The van der Waals surface area contributed by atoms with Crippen LogP contribution in [0, 0.1) is 0 Å². The average molecular weight is 1010 g/mol. The van der Waals surface area contributed by atoms with Gasteiger partial charge >= 0.3 is 41.8 Å². The summed E-state index contributed by atoms with van der Waals surface area (Å²) in [6.07, 6.45) is 1.11. The minimum atomic E-state index is -1.55. The molecule has 0 radical (unpaired) electrons. The van der Waals surface area contributed by atoms with E-state index in [1.165, 1.54) is 0 Å². The van der Waals surface area contributed by atoms with Crippen molar-refractivity contribution in [3.05, 3.63) is 63.9 Å². The maximum absolute atomic E-state index is 13.9. The molecule has 2 heterocycles. The molecule has 368 valence electrons.